The minimum atomic E-state index is -0.207. The molecule has 0 radical (unpaired) electrons. The summed E-state index contributed by atoms with van der Waals surface area (Å²) in [5.41, 5.74) is 2.55. The number of hydrogen-bond donors (Lipinski definition) is 0. The highest BCUT2D eigenvalue weighted by atomic mass is 35.5. The van der Waals surface area contributed by atoms with Gasteiger partial charge in [-0.15, -0.1) is 11.6 Å². The van der Waals surface area contributed by atoms with Crippen molar-refractivity contribution in [3.05, 3.63) is 77.9 Å². The van der Waals surface area contributed by atoms with Gasteiger partial charge in [0.1, 0.15) is 0 Å². The third-order valence-corrected chi connectivity index (χ3v) is 4.96. The summed E-state index contributed by atoms with van der Waals surface area (Å²) in [5.74, 6) is 0.761. The normalized spacial score (nSPS) is 15.9. The van der Waals surface area contributed by atoms with Crippen LogP contribution in [-0.2, 0) is 0 Å². The molecule has 116 valence electrons. The highest BCUT2D eigenvalue weighted by Crippen LogP contribution is 2.36. The molecule has 0 aromatic heterocycles. The smallest absolute Gasteiger partial charge is 0.0450 e. The van der Waals surface area contributed by atoms with Crippen LogP contribution in [0.3, 0.4) is 0 Å². The van der Waals surface area contributed by atoms with Gasteiger partial charge in [0.05, 0.1) is 0 Å². The van der Waals surface area contributed by atoms with E-state index in [1.807, 2.05) is 6.07 Å². The molecule has 0 aliphatic carbocycles. The monoisotopic (exact) mass is 312 g/mol. The molecule has 2 atom stereocenters. The Morgan fingerprint density at radius 3 is 2.05 bits per heavy atom. The quantitative estimate of drug-likeness (QED) is 0.532. The number of rotatable bonds is 6. The van der Waals surface area contributed by atoms with E-state index < -0.39 is 0 Å². The second-order valence-electron chi connectivity index (χ2n) is 6.42. The molecule has 2 unspecified atom stereocenters. The van der Waals surface area contributed by atoms with E-state index in [0.29, 0.717) is 11.8 Å². The fourth-order valence-corrected chi connectivity index (χ4v) is 2.62. The molecule has 0 N–H and O–H groups in total. The zero-order chi connectivity index (χ0) is 16.0. The van der Waals surface area contributed by atoms with Gasteiger partial charge in [-0.1, -0.05) is 86.7 Å². The van der Waals surface area contributed by atoms with Gasteiger partial charge in [0, 0.05) is 10.8 Å². The van der Waals surface area contributed by atoms with Crippen molar-refractivity contribution in [2.24, 2.45) is 5.92 Å². The average Bonchev–Trinajstić information content (AvgIpc) is 2.53. The highest BCUT2D eigenvalue weighted by molar-refractivity contribution is 6.23. The van der Waals surface area contributed by atoms with Crippen LogP contribution in [0.4, 0.5) is 0 Å². The van der Waals surface area contributed by atoms with Gasteiger partial charge in [0.2, 0.25) is 0 Å². The molecule has 0 saturated carbocycles. The minimum absolute atomic E-state index is 0.207. The molecule has 0 aliphatic rings. The Morgan fingerprint density at radius 2 is 1.50 bits per heavy atom. The van der Waals surface area contributed by atoms with E-state index in [-0.39, 0.29) is 4.87 Å². The van der Waals surface area contributed by atoms with Crippen LogP contribution < -0.4 is 0 Å². The van der Waals surface area contributed by atoms with E-state index in [1.54, 1.807) is 0 Å². The fourth-order valence-electron chi connectivity index (χ4n) is 2.45. The summed E-state index contributed by atoms with van der Waals surface area (Å²) < 4.78 is 0. The predicted octanol–water partition coefficient (Wildman–Crippen LogP) is 6.53. The first-order valence-corrected chi connectivity index (χ1v) is 8.34. The van der Waals surface area contributed by atoms with E-state index in [0.717, 1.165) is 6.42 Å². The van der Waals surface area contributed by atoms with Gasteiger partial charge >= 0.3 is 0 Å². The van der Waals surface area contributed by atoms with Crippen LogP contribution in [0.25, 0.3) is 6.08 Å². The lowest BCUT2D eigenvalue weighted by atomic mass is 9.83. The Bertz CT molecular complexity index is 582. The second kappa shape index (κ2) is 7.65. The summed E-state index contributed by atoms with van der Waals surface area (Å²) in [7, 11) is 0. The summed E-state index contributed by atoms with van der Waals surface area (Å²) in [6.45, 7) is 6.53. The lowest BCUT2D eigenvalue weighted by Crippen LogP contribution is -2.26. The highest BCUT2D eigenvalue weighted by Gasteiger charge is 2.28. The molecule has 22 heavy (non-hydrogen) atoms. The Labute approximate surface area is 139 Å². The van der Waals surface area contributed by atoms with Crippen LogP contribution in [0.2, 0.25) is 0 Å². The molecule has 2 rings (SSSR count). The molecule has 0 saturated heterocycles. The van der Waals surface area contributed by atoms with Gasteiger partial charge in [-0.25, -0.2) is 0 Å². The molecule has 0 nitrogen and oxygen atoms in total. The molecule has 0 fully saturated rings. The Hall–Kier alpha value is -1.53. The summed E-state index contributed by atoms with van der Waals surface area (Å²) in [4.78, 5) is -0.207. The molecule has 0 heterocycles. The molecule has 0 aliphatic heterocycles. The number of hydrogen-bond acceptors (Lipinski definition) is 0. The first kappa shape index (κ1) is 16.8. The second-order valence-corrected chi connectivity index (χ2v) is 7.29. The van der Waals surface area contributed by atoms with Crippen molar-refractivity contribution in [3.8, 4) is 0 Å². The van der Waals surface area contributed by atoms with Crippen LogP contribution in [0, 0.1) is 5.92 Å². The molecule has 0 bridgehead atoms. The van der Waals surface area contributed by atoms with Crippen molar-refractivity contribution in [2.75, 3.05) is 0 Å². The van der Waals surface area contributed by atoms with Crippen LogP contribution in [0.15, 0.2) is 66.7 Å². The molecule has 0 amide bonds. The first-order valence-electron chi connectivity index (χ1n) is 7.96. The van der Waals surface area contributed by atoms with Gasteiger partial charge in [-0.3, -0.25) is 0 Å². The molecule has 2 aromatic carbocycles. The molecule has 1 heteroatoms. The summed E-state index contributed by atoms with van der Waals surface area (Å²) in [6, 6.07) is 21.1. The summed E-state index contributed by atoms with van der Waals surface area (Å²) in [6.07, 6.45) is 5.41. The number of alkyl halides is 1. The summed E-state index contributed by atoms with van der Waals surface area (Å²) in [5, 5.41) is 0. The van der Waals surface area contributed by atoms with E-state index in [9.17, 15) is 0 Å². The Kier molecular flexibility index (Phi) is 5.85. The third-order valence-electron chi connectivity index (χ3n) is 4.37. The lowest BCUT2D eigenvalue weighted by Gasteiger charge is -2.30. The molecular weight excluding hydrogens is 288 g/mol. The first-order chi connectivity index (χ1) is 10.5. The molecule has 2 aromatic rings. The van der Waals surface area contributed by atoms with Crippen molar-refractivity contribution >= 4 is 17.7 Å². The maximum Gasteiger partial charge on any atom is 0.0450 e. The number of halogens is 1. The zero-order valence-electron chi connectivity index (χ0n) is 13.7. The van der Waals surface area contributed by atoms with E-state index >= 15 is 0 Å². The van der Waals surface area contributed by atoms with Gasteiger partial charge in [0.25, 0.3) is 0 Å². The Morgan fingerprint density at radius 1 is 0.955 bits per heavy atom. The maximum atomic E-state index is 6.76. The van der Waals surface area contributed by atoms with Crippen molar-refractivity contribution in [3.63, 3.8) is 0 Å². The SMILES string of the molecule is CC(C)C(C)(Cl)CC(/C=C/c1ccccc1)c1ccccc1. The fraction of sp³-hybridized carbons (Fsp3) is 0.333. The van der Waals surface area contributed by atoms with Crippen molar-refractivity contribution in [1.82, 2.24) is 0 Å². The standard InChI is InChI=1S/C21H25Cl/c1-17(2)21(3,22)16-20(19-12-8-5-9-13-19)15-14-18-10-6-4-7-11-18/h4-15,17,20H,16H2,1-3H3/b15-14+. The minimum Gasteiger partial charge on any atom is -0.119 e. The largest absolute Gasteiger partial charge is 0.119 e. The van der Waals surface area contributed by atoms with Crippen molar-refractivity contribution in [2.45, 2.75) is 38.0 Å². The van der Waals surface area contributed by atoms with Gasteiger partial charge in [-0.05, 0) is 30.4 Å². The molecule has 0 spiro atoms. The Balaban J connectivity index is 2.24. The van der Waals surface area contributed by atoms with Gasteiger partial charge < -0.3 is 0 Å². The van der Waals surface area contributed by atoms with Crippen LogP contribution in [0.1, 0.15) is 44.2 Å². The van der Waals surface area contributed by atoms with Gasteiger partial charge in [-0.2, -0.15) is 0 Å². The molecular formula is C21H25Cl. The van der Waals surface area contributed by atoms with E-state index in [2.05, 4.69) is 87.5 Å². The number of allylic oxidation sites excluding steroid dienone is 1. The number of benzene rings is 2. The third kappa shape index (κ3) is 4.74. The van der Waals surface area contributed by atoms with Crippen LogP contribution >= 0.6 is 11.6 Å². The predicted molar refractivity (Wildman–Crippen MR) is 98.4 cm³/mol. The van der Waals surface area contributed by atoms with Crippen molar-refractivity contribution < 1.29 is 0 Å². The zero-order valence-corrected chi connectivity index (χ0v) is 14.4. The van der Waals surface area contributed by atoms with E-state index in [1.165, 1.54) is 11.1 Å². The maximum absolute atomic E-state index is 6.76. The summed E-state index contributed by atoms with van der Waals surface area (Å²) >= 11 is 6.76. The van der Waals surface area contributed by atoms with E-state index in [4.69, 9.17) is 11.6 Å². The van der Waals surface area contributed by atoms with Crippen LogP contribution in [0.5, 0.6) is 0 Å². The lowest BCUT2D eigenvalue weighted by molar-refractivity contribution is 0.414. The average molecular weight is 313 g/mol. The van der Waals surface area contributed by atoms with Gasteiger partial charge in [0.15, 0.2) is 0 Å². The topological polar surface area (TPSA) is 0 Å². The van der Waals surface area contributed by atoms with Crippen molar-refractivity contribution in [1.29, 1.82) is 0 Å². The van der Waals surface area contributed by atoms with Crippen LogP contribution in [-0.4, -0.2) is 4.87 Å².